The van der Waals surface area contributed by atoms with E-state index < -0.39 is 0 Å². The number of rotatable bonds is 6. The number of amides is 3. The Hall–Kier alpha value is -3.85. The van der Waals surface area contributed by atoms with Crippen LogP contribution < -0.4 is 14.5 Å². The third-order valence-electron chi connectivity index (χ3n) is 8.09. The van der Waals surface area contributed by atoms with Crippen LogP contribution in [0.15, 0.2) is 59.3 Å². The molecular formula is C30H32N4O4S. The highest BCUT2D eigenvalue weighted by atomic mass is 32.1. The van der Waals surface area contributed by atoms with Crippen LogP contribution in [0, 0.1) is 5.92 Å². The highest BCUT2D eigenvalue weighted by Gasteiger charge is 2.39. The molecule has 202 valence electrons. The van der Waals surface area contributed by atoms with Crippen molar-refractivity contribution in [3.63, 3.8) is 0 Å². The number of thiophene rings is 1. The lowest BCUT2D eigenvalue weighted by molar-refractivity contribution is -0.136. The molecule has 3 amide bonds. The first-order valence-corrected chi connectivity index (χ1v) is 14.4. The van der Waals surface area contributed by atoms with Crippen LogP contribution in [0.5, 0.6) is 5.75 Å². The van der Waals surface area contributed by atoms with E-state index in [1.165, 1.54) is 4.90 Å². The van der Waals surface area contributed by atoms with Gasteiger partial charge < -0.3 is 19.4 Å². The summed E-state index contributed by atoms with van der Waals surface area (Å²) in [4.78, 5) is 47.6. The van der Waals surface area contributed by atoms with E-state index in [9.17, 15) is 14.4 Å². The van der Waals surface area contributed by atoms with E-state index in [1.54, 1.807) is 24.5 Å². The molecule has 0 spiro atoms. The second-order valence-corrected chi connectivity index (χ2v) is 11.1. The van der Waals surface area contributed by atoms with E-state index >= 15 is 0 Å². The lowest BCUT2D eigenvalue weighted by atomic mass is 9.93. The predicted molar refractivity (Wildman–Crippen MR) is 152 cm³/mol. The molecule has 0 radical (unpaired) electrons. The molecule has 0 bridgehead atoms. The molecular weight excluding hydrogens is 512 g/mol. The van der Waals surface area contributed by atoms with Crippen molar-refractivity contribution in [3.05, 3.63) is 76.0 Å². The molecule has 2 saturated heterocycles. The number of carbonyl (C=O) groups excluding carboxylic acids is 3. The summed E-state index contributed by atoms with van der Waals surface area (Å²) in [5, 5.41) is 3.91. The number of carbonyl (C=O) groups is 3. The number of fused-ring (bicyclic) bond motifs is 1. The van der Waals surface area contributed by atoms with Gasteiger partial charge in [0.15, 0.2) is 0 Å². The standard InChI is InChI=1S/C30H32N4O4S/c1-38-24-5-2-4-23(18-24)31-13-15-33(16-14-31)28(35)22-8-11-32(12-9-22)26-7-3-6-25-27(26)30(37)34(29(25)36)19-21-10-17-39-20-21/h2-7,10,17-18,20,22H,8-9,11-16,19H2,1H3. The van der Waals surface area contributed by atoms with Crippen LogP contribution >= 0.6 is 11.3 Å². The minimum absolute atomic E-state index is 0.0196. The maximum absolute atomic E-state index is 13.4. The maximum atomic E-state index is 13.4. The summed E-state index contributed by atoms with van der Waals surface area (Å²) < 4.78 is 5.35. The zero-order valence-corrected chi connectivity index (χ0v) is 22.9. The van der Waals surface area contributed by atoms with Gasteiger partial charge in [0.25, 0.3) is 11.8 Å². The van der Waals surface area contributed by atoms with E-state index in [0.717, 1.165) is 48.6 Å². The van der Waals surface area contributed by atoms with Crippen LogP contribution in [0.1, 0.15) is 39.1 Å². The lowest BCUT2D eigenvalue weighted by Gasteiger charge is -2.40. The number of ether oxygens (including phenoxy) is 1. The van der Waals surface area contributed by atoms with Crippen LogP contribution in [0.25, 0.3) is 0 Å². The van der Waals surface area contributed by atoms with Crippen LogP contribution in [-0.4, -0.2) is 73.9 Å². The Morgan fingerprint density at radius 3 is 2.41 bits per heavy atom. The molecule has 3 aliphatic rings. The monoisotopic (exact) mass is 544 g/mol. The number of imide groups is 1. The molecule has 6 rings (SSSR count). The van der Waals surface area contributed by atoms with E-state index in [1.807, 2.05) is 52.1 Å². The average Bonchev–Trinajstić information content (AvgIpc) is 3.60. The Labute approximate surface area is 232 Å². The fourth-order valence-corrected chi connectivity index (χ4v) is 6.57. The zero-order valence-electron chi connectivity index (χ0n) is 22.0. The Balaban J connectivity index is 1.07. The molecule has 3 aromatic rings. The molecule has 8 nitrogen and oxygen atoms in total. The largest absolute Gasteiger partial charge is 0.497 e. The molecule has 0 unspecified atom stereocenters. The van der Waals surface area contributed by atoms with Crippen LogP contribution in [-0.2, 0) is 11.3 Å². The number of piperazine rings is 1. The first kappa shape index (κ1) is 25.4. The van der Waals surface area contributed by atoms with Gasteiger partial charge in [0.1, 0.15) is 5.75 Å². The minimum Gasteiger partial charge on any atom is -0.497 e. The number of nitrogens with zero attached hydrogens (tertiary/aromatic N) is 4. The molecule has 9 heteroatoms. The molecule has 39 heavy (non-hydrogen) atoms. The van der Waals surface area contributed by atoms with E-state index in [0.29, 0.717) is 37.3 Å². The summed E-state index contributed by atoms with van der Waals surface area (Å²) in [7, 11) is 1.67. The molecule has 2 aromatic carbocycles. The fourth-order valence-electron chi connectivity index (χ4n) is 5.91. The maximum Gasteiger partial charge on any atom is 0.263 e. The van der Waals surface area contributed by atoms with E-state index in [2.05, 4.69) is 15.9 Å². The molecule has 0 N–H and O–H groups in total. The molecule has 4 heterocycles. The predicted octanol–water partition coefficient (Wildman–Crippen LogP) is 4.12. The van der Waals surface area contributed by atoms with Gasteiger partial charge in [-0.1, -0.05) is 12.1 Å². The van der Waals surface area contributed by atoms with Crippen LogP contribution in [0.3, 0.4) is 0 Å². The Bertz CT molecular complexity index is 1380. The van der Waals surface area contributed by atoms with Gasteiger partial charge in [-0.15, -0.1) is 0 Å². The van der Waals surface area contributed by atoms with Crippen molar-refractivity contribution in [3.8, 4) is 5.75 Å². The normalized spacial score (nSPS) is 18.1. The van der Waals surface area contributed by atoms with Crippen LogP contribution in [0.2, 0.25) is 0 Å². The second kappa shape index (κ2) is 10.7. The smallest absolute Gasteiger partial charge is 0.263 e. The van der Waals surface area contributed by atoms with Gasteiger partial charge in [0.05, 0.1) is 30.5 Å². The van der Waals surface area contributed by atoms with Gasteiger partial charge in [-0.05, 0) is 59.5 Å². The van der Waals surface area contributed by atoms with Crippen LogP contribution in [0.4, 0.5) is 11.4 Å². The van der Waals surface area contributed by atoms with Gasteiger partial charge in [-0.2, -0.15) is 11.3 Å². The summed E-state index contributed by atoms with van der Waals surface area (Å²) in [6.45, 7) is 4.66. The fraction of sp³-hybridized carbons (Fsp3) is 0.367. The molecule has 0 saturated carbocycles. The van der Waals surface area contributed by atoms with Crippen molar-refractivity contribution in [2.24, 2.45) is 5.92 Å². The van der Waals surface area contributed by atoms with Crippen molar-refractivity contribution in [2.75, 3.05) is 56.2 Å². The number of hydrogen-bond acceptors (Lipinski definition) is 7. The second-order valence-electron chi connectivity index (χ2n) is 10.3. The number of hydrogen-bond donors (Lipinski definition) is 0. The highest BCUT2D eigenvalue weighted by molar-refractivity contribution is 7.07. The van der Waals surface area contributed by atoms with E-state index in [-0.39, 0.29) is 30.2 Å². The van der Waals surface area contributed by atoms with Crippen molar-refractivity contribution in [1.29, 1.82) is 0 Å². The SMILES string of the molecule is COc1cccc(N2CCN(C(=O)C3CCN(c4cccc5c4C(=O)N(Cc4ccsc4)C5=O)CC3)CC2)c1. The first-order chi connectivity index (χ1) is 19.0. The van der Waals surface area contributed by atoms with Crippen molar-refractivity contribution >= 4 is 40.4 Å². The molecule has 1 aromatic heterocycles. The highest BCUT2D eigenvalue weighted by Crippen LogP contribution is 2.35. The van der Waals surface area contributed by atoms with Crippen molar-refractivity contribution < 1.29 is 19.1 Å². The van der Waals surface area contributed by atoms with E-state index in [4.69, 9.17) is 4.74 Å². The molecule has 3 aliphatic heterocycles. The Morgan fingerprint density at radius 1 is 0.923 bits per heavy atom. The number of methoxy groups -OCH3 is 1. The summed E-state index contributed by atoms with van der Waals surface area (Å²) in [5.74, 6) is 0.577. The average molecular weight is 545 g/mol. The lowest BCUT2D eigenvalue weighted by Crippen LogP contribution is -2.51. The quantitative estimate of drug-likeness (QED) is 0.435. The Morgan fingerprint density at radius 2 is 1.69 bits per heavy atom. The third kappa shape index (κ3) is 4.87. The first-order valence-electron chi connectivity index (χ1n) is 13.5. The van der Waals surface area contributed by atoms with Crippen molar-refractivity contribution in [2.45, 2.75) is 19.4 Å². The molecule has 0 atom stereocenters. The third-order valence-corrected chi connectivity index (χ3v) is 8.82. The van der Waals surface area contributed by atoms with Gasteiger partial charge in [-0.25, -0.2) is 0 Å². The summed E-state index contributed by atoms with van der Waals surface area (Å²) >= 11 is 1.55. The van der Waals surface area contributed by atoms with Gasteiger partial charge in [0, 0.05) is 56.9 Å². The summed E-state index contributed by atoms with van der Waals surface area (Å²) in [6.07, 6.45) is 1.47. The number of anilines is 2. The summed E-state index contributed by atoms with van der Waals surface area (Å²) in [6, 6.07) is 15.5. The number of benzene rings is 2. The molecule has 2 fully saturated rings. The minimum atomic E-state index is -0.235. The van der Waals surface area contributed by atoms with Gasteiger partial charge in [-0.3, -0.25) is 19.3 Å². The van der Waals surface area contributed by atoms with Crippen molar-refractivity contribution in [1.82, 2.24) is 9.80 Å². The topological polar surface area (TPSA) is 73.4 Å². The van der Waals surface area contributed by atoms with Gasteiger partial charge >= 0.3 is 0 Å². The molecule has 0 aliphatic carbocycles. The summed E-state index contributed by atoms with van der Waals surface area (Å²) in [5.41, 5.74) is 3.85. The Kier molecular flexibility index (Phi) is 6.99. The zero-order chi connectivity index (χ0) is 26.9. The number of piperidine rings is 1. The van der Waals surface area contributed by atoms with Gasteiger partial charge in [0.2, 0.25) is 5.91 Å².